The molecule has 180 valence electrons. The Balaban J connectivity index is 1.83. The van der Waals surface area contributed by atoms with Gasteiger partial charge < -0.3 is 19.5 Å². The van der Waals surface area contributed by atoms with Crippen molar-refractivity contribution in [3.8, 4) is 11.5 Å². The number of ether oxygens (including phenoxy) is 2. The van der Waals surface area contributed by atoms with E-state index in [1.807, 2.05) is 48.5 Å². The minimum Gasteiger partial charge on any atom is -0.507 e. The molecule has 0 bridgehead atoms. The van der Waals surface area contributed by atoms with E-state index in [0.717, 1.165) is 16.7 Å². The lowest BCUT2D eigenvalue weighted by Crippen LogP contribution is -2.29. The van der Waals surface area contributed by atoms with Gasteiger partial charge in [0.05, 0.1) is 25.8 Å². The molecule has 0 radical (unpaired) electrons. The summed E-state index contributed by atoms with van der Waals surface area (Å²) in [6.07, 6.45) is 0. The van der Waals surface area contributed by atoms with E-state index in [9.17, 15) is 14.7 Å². The highest BCUT2D eigenvalue weighted by Gasteiger charge is 2.46. The monoisotopic (exact) mass is 471 g/mol. The van der Waals surface area contributed by atoms with Crippen LogP contribution in [0.2, 0.25) is 0 Å². The number of nitrogens with zero attached hydrogens (tertiary/aromatic N) is 1. The minimum atomic E-state index is -0.732. The number of Topliss-reactive ketones (excluding diaryl/α,β-unsaturated/α-hetero) is 1. The van der Waals surface area contributed by atoms with Gasteiger partial charge in [0.25, 0.3) is 11.7 Å². The second-order valence-electron chi connectivity index (χ2n) is 8.83. The van der Waals surface area contributed by atoms with Crippen molar-refractivity contribution < 1.29 is 24.2 Å². The topological polar surface area (TPSA) is 76.1 Å². The lowest BCUT2D eigenvalue weighted by molar-refractivity contribution is -0.140. The van der Waals surface area contributed by atoms with Crippen LogP contribution in [0.4, 0.5) is 0 Å². The molecule has 0 aliphatic carbocycles. The Morgan fingerprint density at radius 1 is 0.914 bits per heavy atom. The smallest absolute Gasteiger partial charge is 0.295 e. The van der Waals surface area contributed by atoms with Crippen molar-refractivity contribution in [2.75, 3.05) is 14.2 Å². The first-order valence-corrected chi connectivity index (χ1v) is 11.5. The third-order valence-electron chi connectivity index (χ3n) is 6.31. The molecule has 0 spiro atoms. The van der Waals surface area contributed by atoms with E-state index in [2.05, 4.69) is 13.8 Å². The fourth-order valence-electron chi connectivity index (χ4n) is 4.31. The van der Waals surface area contributed by atoms with Gasteiger partial charge in [0.15, 0.2) is 0 Å². The summed E-state index contributed by atoms with van der Waals surface area (Å²) < 4.78 is 10.5. The number of rotatable bonds is 7. The molecule has 3 aromatic carbocycles. The summed E-state index contributed by atoms with van der Waals surface area (Å²) in [5, 5.41) is 11.3. The first-order valence-electron chi connectivity index (χ1n) is 11.5. The Kier molecular flexibility index (Phi) is 6.92. The zero-order valence-electron chi connectivity index (χ0n) is 20.3. The van der Waals surface area contributed by atoms with Crippen LogP contribution in [0.1, 0.15) is 48.1 Å². The van der Waals surface area contributed by atoms with Gasteiger partial charge in [-0.25, -0.2) is 0 Å². The summed E-state index contributed by atoms with van der Waals surface area (Å²) in [6, 6.07) is 21.3. The molecule has 1 heterocycles. The average molecular weight is 472 g/mol. The van der Waals surface area contributed by atoms with Gasteiger partial charge in [0, 0.05) is 12.1 Å². The molecule has 1 saturated heterocycles. The quantitative estimate of drug-likeness (QED) is 0.282. The molecule has 0 aromatic heterocycles. The van der Waals surface area contributed by atoms with Crippen LogP contribution in [-0.4, -0.2) is 35.9 Å². The van der Waals surface area contributed by atoms with Gasteiger partial charge in [0.1, 0.15) is 17.3 Å². The summed E-state index contributed by atoms with van der Waals surface area (Å²) in [5.74, 6) is -0.00196. The SMILES string of the molecule is COc1ccc(CN2C(=O)C(=O)/C(=C(\O)c3cccc(OC)c3)C2c2ccc(C(C)C)cc2)cc1. The van der Waals surface area contributed by atoms with Crippen LogP contribution in [0.3, 0.4) is 0 Å². The number of methoxy groups -OCH3 is 2. The maximum atomic E-state index is 13.3. The Bertz CT molecular complexity index is 1260. The van der Waals surface area contributed by atoms with Crippen molar-refractivity contribution in [2.45, 2.75) is 32.4 Å². The summed E-state index contributed by atoms with van der Waals surface area (Å²) in [6.45, 7) is 4.42. The molecule has 1 N–H and O–H groups in total. The highest BCUT2D eigenvalue weighted by atomic mass is 16.5. The highest BCUT2D eigenvalue weighted by molar-refractivity contribution is 6.46. The van der Waals surface area contributed by atoms with Crippen LogP contribution < -0.4 is 9.47 Å². The van der Waals surface area contributed by atoms with E-state index in [4.69, 9.17) is 9.47 Å². The largest absolute Gasteiger partial charge is 0.507 e. The van der Waals surface area contributed by atoms with Gasteiger partial charge in [-0.2, -0.15) is 0 Å². The van der Waals surface area contributed by atoms with Crippen LogP contribution in [-0.2, 0) is 16.1 Å². The van der Waals surface area contributed by atoms with Crippen LogP contribution >= 0.6 is 0 Å². The molecule has 4 rings (SSSR count). The van der Waals surface area contributed by atoms with Crippen molar-refractivity contribution >= 4 is 17.4 Å². The fourth-order valence-corrected chi connectivity index (χ4v) is 4.31. The third kappa shape index (κ3) is 4.78. The number of aliphatic hydroxyl groups is 1. The van der Waals surface area contributed by atoms with Crippen molar-refractivity contribution in [2.24, 2.45) is 0 Å². The molecule has 35 heavy (non-hydrogen) atoms. The maximum absolute atomic E-state index is 13.3. The number of aliphatic hydroxyl groups excluding tert-OH is 1. The van der Waals surface area contributed by atoms with Crippen LogP contribution in [0, 0.1) is 0 Å². The number of hydrogen-bond donors (Lipinski definition) is 1. The predicted molar refractivity (Wildman–Crippen MR) is 134 cm³/mol. The van der Waals surface area contributed by atoms with E-state index < -0.39 is 17.7 Å². The number of ketones is 1. The van der Waals surface area contributed by atoms with Gasteiger partial charge in [-0.05, 0) is 46.9 Å². The molecule has 3 aromatic rings. The average Bonchev–Trinajstić information content (AvgIpc) is 3.13. The van der Waals surface area contributed by atoms with Gasteiger partial charge in [-0.15, -0.1) is 0 Å². The molecule has 1 fully saturated rings. The van der Waals surface area contributed by atoms with Crippen molar-refractivity contribution in [3.05, 3.63) is 101 Å². The van der Waals surface area contributed by atoms with Gasteiger partial charge in [0.2, 0.25) is 0 Å². The number of amides is 1. The molecule has 0 saturated carbocycles. The first-order chi connectivity index (χ1) is 16.8. The normalized spacial score (nSPS) is 17.2. The Labute approximate surface area is 205 Å². The third-order valence-corrected chi connectivity index (χ3v) is 6.31. The maximum Gasteiger partial charge on any atom is 0.295 e. The highest BCUT2D eigenvalue weighted by Crippen LogP contribution is 2.41. The van der Waals surface area contributed by atoms with Crippen LogP contribution in [0.5, 0.6) is 11.5 Å². The van der Waals surface area contributed by atoms with E-state index in [-0.39, 0.29) is 17.9 Å². The zero-order chi connectivity index (χ0) is 25.1. The molecule has 1 amide bonds. The molecular formula is C29H29NO5. The number of likely N-dealkylation sites (tertiary alicyclic amines) is 1. The lowest BCUT2D eigenvalue weighted by Gasteiger charge is -2.26. The van der Waals surface area contributed by atoms with E-state index >= 15 is 0 Å². The molecule has 1 atom stereocenters. The van der Waals surface area contributed by atoms with Crippen molar-refractivity contribution in [3.63, 3.8) is 0 Å². The summed E-state index contributed by atoms with van der Waals surface area (Å²) in [7, 11) is 3.12. The van der Waals surface area contributed by atoms with E-state index in [1.165, 1.54) is 12.0 Å². The molecule has 1 unspecified atom stereocenters. The minimum absolute atomic E-state index is 0.0639. The number of carbonyl (C=O) groups is 2. The molecule has 1 aliphatic rings. The predicted octanol–water partition coefficient (Wildman–Crippen LogP) is 5.45. The van der Waals surface area contributed by atoms with Gasteiger partial charge >= 0.3 is 0 Å². The molecule has 1 aliphatic heterocycles. The molecule has 6 heteroatoms. The van der Waals surface area contributed by atoms with Crippen molar-refractivity contribution in [1.82, 2.24) is 4.90 Å². The second-order valence-corrected chi connectivity index (χ2v) is 8.83. The van der Waals surface area contributed by atoms with E-state index in [0.29, 0.717) is 23.0 Å². The van der Waals surface area contributed by atoms with Gasteiger partial charge in [-0.1, -0.05) is 62.4 Å². The van der Waals surface area contributed by atoms with E-state index in [1.54, 1.807) is 31.4 Å². The standard InChI is InChI=1S/C29H29NO5/c1-18(2)20-10-12-21(13-11-20)26-25(27(31)22-6-5-7-24(16-22)35-4)28(32)29(33)30(26)17-19-8-14-23(34-3)15-9-19/h5-16,18,26,31H,17H2,1-4H3/b27-25-. The number of carbonyl (C=O) groups excluding carboxylic acids is 2. The second kappa shape index (κ2) is 10.1. The molecular weight excluding hydrogens is 442 g/mol. The zero-order valence-corrected chi connectivity index (χ0v) is 20.3. The van der Waals surface area contributed by atoms with Crippen LogP contribution in [0.15, 0.2) is 78.4 Å². The Hall–Kier alpha value is -4.06. The Morgan fingerprint density at radius 2 is 1.57 bits per heavy atom. The van der Waals surface area contributed by atoms with Gasteiger partial charge in [-0.3, -0.25) is 9.59 Å². The molecule has 6 nitrogen and oxygen atoms in total. The summed E-state index contributed by atoms with van der Waals surface area (Å²) in [5.41, 5.74) is 3.22. The Morgan fingerprint density at radius 3 is 2.17 bits per heavy atom. The van der Waals surface area contributed by atoms with Crippen molar-refractivity contribution in [1.29, 1.82) is 0 Å². The summed E-state index contributed by atoms with van der Waals surface area (Å²) in [4.78, 5) is 28.0. The number of benzene rings is 3. The number of hydrogen-bond acceptors (Lipinski definition) is 5. The van der Waals surface area contributed by atoms with Crippen LogP contribution in [0.25, 0.3) is 5.76 Å². The first kappa shape index (κ1) is 24.1. The summed E-state index contributed by atoms with van der Waals surface area (Å²) >= 11 is 0. The fraction of sp³-hybridized carbons (Fsp3) is 0.241. The lowest BCUT2D eigenvalue weighted by atomic mass is 9.93.